The Morgan fingerprint density at radius 2 is 1.89 bits per heavy atom. The van der Waals surface area contributed by atoms with Crippen molar-refractivity contribution < 1.29 is 22.7 Å². The summed E-state index contributed by atoms with van der Waals surface area (Å²) in [5.74, 6) is -0.443. The molecular formula is C18H25ClN2O5S. The van der Waals surface area contributed by atoms with Gasteiger partial charge in [-0.3, -0.25) is 9.59 Å². The molecule has 1 aromatic rings. The van der Waals surface area contributed by atoms with Gasteiger partial charge in [0.05, 0.1) is 29.0 Å². The van der Waals surface area contributed by atoms with Gasteiger partial charge in [-0.25, -0.2) is 8.42 Å². The van der Waals surface area contributed by atoms with E-state index in [4.69, 9.17) is 11.6 Å². The molecule has 1 aromatic carbocycles. The Kier molecular flexibility index (Phi) is 7.25. The molecule has 1 aliphatic heterocycles. The SMILES string of the molecule is COC(=O)CCNC(=O)c1cc(S(=O)(=O)N2C[C@H](C)C[C@@H](C)C2)ccc1Cl. The van der Waals surface area contributed by atoms with Gasteiger partial charge in [0.25, 0.3) is 5.91 Å². The van der Waals surface area contributed by atoms with Crippen LogP contribution < -0.4 is 5.32 Å². The Hall–Kier alpha value is -1.64. The number of piperidine rings is 1. The molecule has 1 amide bonds. The number of carbonyl (C=O) groups is 2. The molecule has 7 nitrogen and oxygen atoms in total. The van der Waals surface area contributed by atoms with Crippen LogP contribution in [0.4, 0.5) is 0 Å². The van der Waals surface area contributed by atoms with Gasteiger partial charge in [0.2, 0.25) is 10.0 Å². The molecule has 2 rings (SSSR count). The van der Waals surface area contributed by atoms with Crippen LogP contribution in [-0.4, -0.2) is 51.3 Å². The first-order valence-electron chi connectivity index (χ1n) is 8.79. The van der Waals surface area contributed by atoms with Crippen LogP contribution in [0.5, 0.6) is 0 Å². The zero-order valence-electron chi connectivity index (χ0n) is 15.7. The zero-order valence-corrected chi connectivity index (χ0v) is 17.3. The number of hydrogen-bond donors (Lipinski definition) is 1. The van der Waals surface area contributed by atoms with Crippen LogP contribution in [0.3, 0.4) is 0 Å². The molecule has 1 saturated heterocycles. The summed E-state index contributed by atoms with van der Waals surface area (Å²) in [4.78, 5) is 23.5. The van der Waals surface area contributed by atoms with Gasteiger partial charge in [-0.15, -0.1) is 0 Å². The van der Waals surface area contributed by atoms with Crippen molar-refractivity contribution >= 4 is 33.5 Å². The number of nitrogens with one attached hydrogen (secondary N) is 1. The summed E-state index contributed by atoms with van der Waals surface area (Å²) >= 11 is 6.08. The topological polar surface area (TPSA) is 92.8 Å². The number of hydrogen-bond acceptors (Lipinski definition) is 5. The van der Waals surface area contributed by atoms with Gasteiger partial charge in [0.1, 0.15) is 0 Å². The van der Waals surface area contributed by atoms with Crippen molar-refractivity contribution in [2.24, 2.45) is 11.8 Å². The Balaban J connectivity index is 2.20. The lowest BCUT2D eigenvalue weighted by Gasteiger charge is -2.34. The number of amides is 1. The Labute approximate surface area is 165 Å². The summed E-state index contributed by atoms with van der Waals surface area (Å²) in [5, 5.41) is 2.69. The molecule has 1 N–H and O–H groups in total. The summed E-state index contributed by atoms with van der Waals surface area (Å²) in [6.45, 7) is 5.03. The van der Waals surface area contributed by atoms with Crippen LogP contribution in [0, 0.1) is 11.8 Å². The fourth-order valence-corrected chi connectivity index (χ4v) is 5.18. The molecule has 0 saturated carbocycles. The molecule has 9 heteroatoms. The standard InChI is InChI=1S/C18H25ClN2O5S/c1-12-8-13(2)11-21(10-12)27(24,25)14-4-5-16(19)15(9-14)18(23)20-7-6-17(22)26-3/h4-5,9,12-13H,6-8,10-11H2,1-3H3,(H,20,23)/t12-,13-/m1/s1. The van der Waals surface area contributed by atoms with E-state index in [-0.39, 0.29) is 40.3 Å². The van der Waals surface area contributed by atoms with Crippen molar-refractivity contribution in [2.75, 3.05) is 26.7 Å². The van der Waals surface area contributed by atoms with Crippen LogP contribution >= 0.6 is 11.6 Å². The average molecular weight is 417 g/mol. The summed E-state index contributed by atoms with van der Waals surface area (Å²) in [5.41, 5.74) is 0.0562. The molecule has 150 valence electrons. The van der Waals surface area contributed by atoms with E-state index in [1.807, 2.05) is 13.8 Å². The summed E-state index contributed by atoms with van der Waals surface area (Å²) in [6.07, 6.45) is 1.00. The van der Waals surface area contributed by atoms with Gasteiger partial charge < -0.3 is 10.1 Å². The van der Waals surface area contributed by atoms with E-state index >= 15 is 0 Å². The van der Waals surface area contributed by atoms with Gasteiger partial charge >= 0.3 is 5.97 Å². The maximum absolute atomic E-state index is 13.0. The smallest absolute Gasteiger partial charge is 0.307 e. The van der Waals surface area contributed by atoms with Crippen LogP contribution in [-0.2, 0) is 19.6 Å². The van der Waals surface area contributed by atoms with Crippen molar-refractivity contribution in [2.45, 2.75) is 31.6 Å². The molecular weight excluding hydrogens is 392 g/mol. The first-order chi connectivity index (χ1) is 12.6. The van der Waals surface area contributed by atoms with Crippen molar-refractivity contribution in [1.82, 2.24) is 9.62 Å². The highest BCUT2D eigenvalue weighted by atomic mass is 35.5. The maximum atomic E-state index is 13.0. The molecule has 27 heavy (non-hydrogen) atoms. The molecule has 0 spiro atoms. The number of halogens is 1. The lowest BCUT2D eigenvalue weighted by molar-refractivity contribution is -0.140. The minimum absolute atomic E-state index is 0.0153. The fraction of sp³-hybridized carbons (Fsp3) is 0.556. The third kappa shape index (κ3) is 5.43. The Bertz CT molecular complexity index is 802. The first-order valence-corrected chi connectivity index (χ1v) is 10.6. The number of esters is 1. The van der Waals surface area contributed by atoms with Crippen molar-refractivity contribution in [3.63, 3.8) is 0 Å². The molecule has 0 aromatic heterocycles. The number of carbonyl (C=O) groups excluding carboxylic acids is 2. The molecule has 0 bridgehead atoms. The minimum atomic E-state index is -3.72. The van der Waals surface area contributed by atoms with Crippen molar-refractivity contribution in [3.05, 3.63) is 28.8 Å². The Morgan fingerprint density at radius 1 is 1.26 bits per heavy atom. The monoisotopic (exact) mass is 416 g/mol. The number of rotatable bonds is 6. The van der Waals surface area contributed by atoms with Crippen LogP contribution in [0.1, 0.15) is 37.0 Å². The van der Waals surface area contributed by atoms with E-state index in [0.717, 1.165) is 6.42 Å². The predicted octanol–water partition coefficient (Wildman–Crippen LogP) is 2.30. The largest absolute Gasteiger partial charge is 0.469 e. The number of ether oxygens (including phenoxy) is 1. The van der Waals surface area contributed by atoms with Crippen LogP contribution in [0.2, 0.25) is 5.02 Å². The summed E-state index contributed by atoms with van der Waals surface area (Å²) < 4.78 is 32.0. The average Bonchev–Trinajstić information content (AvgIpc) is 2.60. The van der Waals surface area contributed by atoms with Crippen molar-refractivity contribution in [1.29, 1.82) is 0 Å². The highest BCUT2D eigenvalue weighted by molar-refractivity contribution is 7.89. The first kappa shape index (κ1) is 21.7. The number of benzene rings is 1. The van der Waals surface area contributed by atoms with Gasteiger partial charge in [0, 0.05) is 19.6 Å². The molecule has 0 radical (unpaired) electrons. The van der Waals surface area contributed by atoms with E-state index in [1.54, 1.807) is 0 Å². The number of methoxy groups -OCH3 is 1. The quantitative estimate of drug-likeness (QED) is 0.718. The number of sulfonamides is 1. The van der Waals surface area contributed by atoms with E-state index in [2.05, 4.69) is 10.1 Å². The van der Waals surface area contributed by atoms with Crippen LogP contribution in [0.15, 0.2) is 23.1 Å². The van der Waals surface area contributed by atoms with Crippen molar-refractivity contribution in [3.8, 4) is 0 Å². The molecule has 0 aliphatic carbocycles. The minimum Gasteiger partial charge on any atom is -0.469 e. The second-order valence-electron chi connectivity index (χ2n) is 6.99. The third-order valence-corrected chi connectivity index (χ3v) is 6.66. The lowest BCUT2D eigenvalue weighted by Crippen LogP contribution is -2.42. The second-order valence-corrected chi connectivity index (χ2v) is 9.34. The maximum Gasteiger partial charge on any atom is 0.307 e. The van der Waals surface area contributed by atoms with Gasteiger partial charge in [-0.2, -0.15) is 4.31 Å². The van der Waals surface area contributed by atoms with Gasteiger partial charge in [-0.05, 0) is 36.5 Å². The van der Waals surface area contributed by atoms with E-state index in [9.17, 15) is 18.0 Å². The van der Waals surface area contributed by atoms with Crippen LogP contribution in [0.25, 0.3) is 0 Å². The second kappa shape index (κ2) is 9.03. The predicted molar refractivity (Wildman–Crippen MR) is 102 cm³/mol. The van der Waals surface area contributed by atoms with E-state index in [1.165, 1.54) is 29.6 Å². The molecule has 1 fully saturated rings. The van der Waals surface area contributed by atoms with E-state index in [0.29, 0.717) is 13.1 Å². The lowest BCUT2D eigenvalue weighted by atomic mass is 9.94. The molecule has 2 atom stereocenters. The highest BCUT2D eigenvalue weighted by Crippen LogP contribution is 2.28. The zero-order chi connectivity index (χ0) is 20.2. The summed E-state index contributed by atoms with van der Waals surface area (Å²) in [7, 11) is -2.46. The van der Waals surface area contributed by atoms with Gasteiger partial charge in [-0.1, -0.05) is 25.4 Å². The molecule has 0 unspecified atom stereocenters. The Morgan fingerprint density at radius 3 is 2.48 bits per heavy atom. The molecule has 1 heterocycles. The third-order valence-electron chi connectivity index (χ3n) is 4.50. The van der Waals surface area contributed by atoms with Gasteiger partial charge in [0.15, 0.2) is 0 Å². The molecule has 1 aliphatic rings. The highest BCUT2D eigenvalue weighted by Gasteiger charge is 2.32. The normalized spacial score (nSPS) is 20.9. The fourth-order valence-electron chi connectivity index (χ4n) is 3.27. The van der Waals surface area contributed by atoms with E-state index < -0.39 is 21.9 Å². The summed E-state index contributed by atoms with van der Waals surface area (Å²) in [6, 6.07) is 4.10. The number of nitrogens with zero attached hydrogens (tertiary/aromatic N) is 1.